The standard InChI is InChI=1S/C13H18O2Si/c1-14-12-8-5-4-7-11(12)13-9-6-10-15-16(13,2)3/h4-8,10,13H,9H2,1-3H3. The Hall–Kier alpha value is -1.22. The van der Waals surface area contributed by atoms with E-state index in [4.69, 9.17) is 9.16 Å². The zero-order valence-corrected chi connectivity index (χ0v) is 11.1. The van der Waals surface area contributed by atoms with E-state index in [0.29, 0.717) is 5.54 Å². The lowest BCUT2D eigenvalue weighted by Gasteiger charge is -2.34. The molecule has 0 spiro atoms. The van der Waals surface area contributed by atoms with Gasteiger partial charge in [0.05, 0.1) is 13.4 Å². The summed E-state index contributed by atoms with van der Waals surface area (Å²) < 4.78 is 11.3. The third kappa shape index (κ3) is 2.00. The van der Waals surface area contributed by atoms with Gasteiger partial charge in [-0.25, -0.2) is 0 Å². The van der Waals surface area contributed by atoms with Crippen molar-refractivity contribution in [3.05, 3.63) is 42.2 Å². The average molecular weight is 234 g/mol. The first-order chi connectivity index (χ1) is 7.65. The molecule has 0 radical (unpaired) electrons. The maximum absolute atomic E-state index is 5.83. The Morgan fingerprint density at radius 2 is 2.06 bits per heavy atom. The molecule has 0 saturated heterocycles. The van der Waals surface area contributed by atoms with E-state index in [1.807, 2.05) is 18.4 Å². The molecule has 1 aliphatic heterocycles. The van der Waals surface area contributed by atoms with Crippen molar-refractivity contribution in [3.8, 4) is 5.75 Å². The van der Waals surface area contributed by atoms with Crippen molar-refractivity contribution in [2.75, 3.05) is 7.11 Å². The third-order valence-electron chi connectivity index (χ3n) is 3.19. The predicted octanol–water partition coefficient (Wildman–Crippen LogP) is 3.46. The van der Waals surface area contributed by atoms with E-state index in [0.717, 1.165) is 12.2 Å². The molecule has 16 heavy (non-hydrogen) atoms. The summed E-state index contributed by atoms with van der Waals surface area (Å²) in [5.41, 5.74) is 1.76. The molecule has 2 rings (SSSR count). The number of methoxy groups -OCH3 is 1. The fourth-order valence-electron chi connectivity index (χ4n) is 2.24. The van der Waals surface area contributed by atoms with E-state index in [1.54, 1.807) is 7.11 Å². The summed E-state index contributed by atoms with van der Waals surface area (Å²) in [6, 6.07) is 8.26. The van der Waals surface area contributed by atoms with Crippen LogP contribution in [-0.4, -0.2) is 15.4 Å². The van der Waals surface area contributed by atoms with Gasteiger partial charge in [-0.05, 0) is 31.1 Å². The van der Waals surface area contributed by atoms with Gasteiger partial charge in [-0.1, -0.05) is 24.3 Å². The minimum atomic E-state index is -1.68. The van der Waals surface area contributed by atoms with Crippen molar-refractivity contribution >= 4 is 8.32 Å². The van der Waals surface area contributed by atoms with Crippen LogP contribution in [0.4, 0.5) is 0 Å². The van der Waals surface area contributed by atoms with Crippen LogP contribution in [0.25, 0.3) is 0 Å². The fourth-order valence-corrected chi connectivity index (χ4v) is 4.54. The molecule has 1 unspecified atom stereocenters. The van der Waals surface area contributed by atoms with Crippen molar-refractivity contribution in [2.45, 2.75) is 25.1 Å². The smallest absolute Gasteiger partial charge is 0.252 e. The first-order valence-corrected chi connectivity index (χ1v) is 8.59. The molecule has 1 aliphatic rings. The second-order valence-corrected chi connectivity index (χ2v) is 8.76. The number of allylic oxidation sites excluding steroid dienone is 1. The van der Waals surface area contributed by atoms with Crippen molar-refractivity contribution in [2.24, 2.45) is 0 Å². The normalized spacial score (nSPS) is 22.6. The van der Waals surface area contributed by atoms with E-state index < -0.39 is 8.32 Å². The predicted molar refractivity (Wildman–Crippen MR) is 68.1 cm³/mol. The molecule has 0 aliphatic carbocycles. The van der Waals surface area contributed by atoms with Gasteiger partial charge in [0.1, 0.15) is 5.75 Å². The molecule has 0 saturated carbocycles. The van der Waals surface area contributed by atoms with E-state index in [9.17, 15) is 0 Å². The van der Waals surface area contributed by atoms with Gasteiger partial charge in [-0.3, -0.25) is 0 Å². The van der Waals surface area contributed by atoms with Crippen molar-refractivity contribution in [1.29, 1.82) is 0 Å². The molecule has 2 nitrogen and oxygen atoms in total. The maximum Gasteiger partial charge on any atom is 0.252 e. The molecule has 1 aromatic carbocycles. The van der Waals surface area contributed by atoms with E-state index >= 15 is 0 Å². The van der Waals surface area contributed by atoms with Crippen LogP contribution in [0.15, 0.2) is 36.6 Å². The summed E-state index contributed by atoms with van der Waals surface area (Å²) in [7, 11) is 0.0539. The Balaban J connectivity index is 2.39. The highest BCUT2D eigenvalue weighted by Crippen LogP contribution is 2.38. The second kappa shape index (κ2) is 4.34. The monoisotopic (exact) mass is 234 g/mol. The van der Waals surface area contributed by atoms with E-state index in [1.165, 1.54) is 5.56 Å². The number of rotatable bonds is 2. The van der Waals surface area contributed by atoms with Gasteiger partial charge >= 0.3 is 0 Å². The van der Waals surface area contributed by atoms with Crippen LogP contribution in [0, 0.1) is 0 Å². The molecule has 0 aromatic heterocycles. The number of ether oxygens (including phenoxy) is 1. The summed E-state index contributed by atoms with van der Waals surface area (Å²) in [6.45, 7) is 4.52. The average Bonchev–Trinajstić information content (AvgIpc) is 2.28. The minimum Gasteiger partial charge on any atom is -0.549 e. The fraction of sp³-hybridized carbons (Fsp3) is 0.385. The lowest BCUT2D eigenvalue weighted by molar-refractivity contribution is 0.399. The maximum atomic E-state index is 5.83. The van der Waals surface area contributed by atoms with Gasteiger partial charge in [0, 0.05) is 5.54 Å². The molecule has 1 aromatic rings. The SMILES string of the molecule is COc1ccccc1C1CC=CO[Si]1(C)C. The third-order valence-corrected chi connectivity index (χ3v) is 6.16. The minimum absolute atomic E-state index is 0.480. The first kappa shape index (κ1) is 11.3. The highest BCUT2D eigenvalue weighted by molar-refractivity contribution is 6.73. The van der Waals surface area contributed by atoms with Gasteiger partial charge in [0.2, 0.25) is 0 Å². The van der Waals surface area contributed by atoms with Crippen molar-refractivity contribution in [3.63, 3.8) is 0 Å². The number of hydrogen-bond donors (Lipinski definition) is 0. The lowest BCUT2D eigenvalue weighted by Crippen LogP contribution is -2.39. The molecule has 0 fully saturated rings. The van der Waals surface area contributed by atoms with Crippen LogP contribution in [0.3, 0.4) is 0 Å². The van der Waals surface area contributed by atoms with Gasteiger partial charge in [0.15, 0.2) is 0 Å². The van der Waals surface area contributed by atoms with Crippen LogP contribution >= 0.6 is 0 Å². The van der Waals surface area contributed by atoms with Gasteiger partial charge in [-0.2, -0.15) is 0 Å². The Labute approximate surface area is 98.0 Å². The quantitative estimate of drug-likeness (QED) is 0.730. The van der Waals surface area contributed by atoms with Crippen molar-refractivity contribution in [1.82, 2.24) is 0 Å². The van der Waals surface area contributed by atoms with E-state index in [-0.39, 0.29) is 0 Å². The zero-order valence-electron chi connectivity index (χ0n) is 10.1. The number of hydrogen-bond acceptors (Lipinski definition) is 2. The summed E-state index contributed by atoms with van der Waals surface area (Å²) in [5.74, 6) is 0.979. The van der Waals surface area contributed by atoms with Crippen LogP contribution < -0.4 is 4.74 Å². The molecule has 1 heterocycles. The molecule has 0 N–H and O–H groups in total. The first-order valence-electron chi connectivity index (χ1n) is 5.61. The number of para-hydroxylation sites is 1. The Kier molecular flexibility index (Phi) is 3.05. The molecular formula is C13H18O2Si. The van der Waals surface area contributed by atoms with Crippen LogP contribution in [0.1, 0.15) is 17.5 Å². The largest absolute Gasteiger partial charge is 0.549 e. The second-order valence-electron chi connectivity index (χ2n) is 4.62. The van der Waals surface area contributed by atoms with Gasteiger partial charge in [-0.15, -0.1) is 0 Å². The van der Waals surface area contributed by atoms with Crippen LogP contribution in [0.2, 0.25) is 13.1 Å². The topological polar surface area (TPSA) is 18.5 Å². The van der Waals surface area contributed by atoms with Gasteiger partial charge in [0.25, 0.3) is 8.32 Å². The molecule has 0 bridgehead atoms. The van der Waals surface area contributed by atoms with E-state index in [2.05, 4.69) is 31.3 Å². The molecule has 86 valence electrons. The Bertz CT molecular complexity index is 399. The molecular weight excluding hydrogens is 216 g/mol. The Morgan fingerprint density at radius 1 is 1.31 bits per heavy atom. The molecule has 3 heteroatoms. The Morgan fingerprint density at radius 3 is 2.75 bits per heavy atom. The zero-order chi connectivity index (χ0) is 11.6. The lowest BCUT2D eigenvalue weighted by atomic mass is 10.1. The number of benzene rings is 1. The summed E-state index contributed by atoms with van der Waals surface area (Å²) in [6.07, 6.45) is 5.02. The molecule has 0 amide bonds. The molecule has 1 atom stereocenters. The van der Waals surface area contributed by atoms with Crippen LogP contribution in [0.5, 0.6) is 5.75 Å². The summed E-state index contributed by atoms with van der Waals surface area (Å²) in [4.78, 5) is 0. The van der Waals surface area contributed by atoms with Crippen molar-refractivity contribution < 1.29 is 9.16 Å². The highest BCUT2D eigenvalue weighted by Gasteiger charge is 2.38. The summed E-state index contributed by atoms with van der Waals surface area (Å²) >= 11 is 0. The van der Waals surface area contributed by atoms with Crippen LogP contribution in [-0.2, 0) is 4.43 Å². The highest BCUT2D eigenvalue weighted by atomic mass is 28.4. The summed E-state index contributed by atoms with van der Waals surface area (Å²) in [5, 5.41) is 0. The van der Waals surface area contributed by atoms with Gasteiger partial charge < -0.3 is 9.16 Å².